The molecule has 3 aliphatic heterocycles. The molecule has 1 aromatic carbocycles. The predicted molar refractivity (Wildman–Crippen MR) is 118 cm³/mol. The van der Waals surface area contributed by atoms with Crippen molar-refractivity contribution in [2.45, 2.75) is 45.3 Å². The van der Waals surface area contributed by atoms with Gasteiger partial charge in [0.05, 0.1) is 32.3 Å². The van der Waals surface area contributed by atoms with Gasteiger partial charge in [0.1, 0.15) is 17.9 Å². The van der Waals surface area contributed by atoms with Crippen LogP contribution < -0.4 is 4.74 Å². The van der Waals surface area contributed by atoms with Crippen LogP contribution in [-0.2, 0) is 0 Å². The van der Waals surface area contributed by atoms with E-state index in [0.717, 1.165) is 46.2 Å². The maximum absolute atomic E-state index is 11.7. The van der Waals surface area contributed by atoms with Crippen LogP contribution in [0.3, 0.4) is 0 Å². The van der Waals surface area contributed by atoms with Crippen LogP contribution in [0.15, 0.2) is 43.1 Å². The minimum absolute atomic E-state index is 0.237. The first-order valence-electron chi connectivity index (χ1n) is 11.1. The number of hydrogen-bond acceptors (Lipinski definition) is 3. The molecule has 0 radical (unpaired) electrons. The van der Waals surface area contributed by atoms with Gasteiger partial charge >= 0.3 is 0 Å². The molecular weight excluding hydrogens is 360 g/mol. The number of methoxy groups -OCH3 is 1. The van der Waals surface area contributed by atoms with Crippen LogP contribution in [0.2, 0.25) is 0 Å². The largest absolute Gasteiger partial charge is 0.497 e. The molecule has 5 rings (SSSR count). The number of aliphatic hydroxyl groups excluding tert-OH is 1. The normalized spacial score (nSPS) is 29.9. The first kappa shape index (κ1) is 20.4. The lowest BCUT2D eigenvalue weighted by molar-refractivity contribution is -0.973. The van der Waals surface area contributed by atoms with E-state index in [4.69, 9.17) is 4.74 Å². The van der Waals surface area contributed by atoms with E-state index >= 15 is 0 Å². The number of nitrogens with zero attached hydrogens (tertiary/aromatic N) is 2. The van der Waals surface area contributed by atoms with Crippen LogP contribution in [-0.4, -0.2) is 47.4 Å². The van der Waals surface area contributed by atoms with Gasteiger partial charge in [-0.1, -0.05) is 19.9 Å². The Hall–Kier alpha value is -1.91. The van der Waals surface area contributed by atoms with Crippen molar-refractivity contribution in [3.05, 3.63) is 48.7 Å². The van der Waals surface area contributed by atoms with Gasteiger partial charge in [0, 0.05) is 30.3 Å². The number of fused-ring (bicyclic) bond motifs is 4. The average molecular weight is 396 g/mol. The minimum atomic E-state index is -0.492. The van der Waals surface area contributed by atoms with Gasteiger partial charge in [-0.3, -0.25) is 4.98 Å². The maximum atomic E-state index is 11.7. The molecule has 3 unspecified atom stereocenters. The highest BCUT2D eigenvalue weighted by atomic mass is 16.5. The predicted octanol–water partition coefficient (Wildman–Crippen LogP) is 4.73. The van der Waals surface area contributed by atoms with E-state index in [0.29, 0.717) is 17.8 Å². The van der Waals surface area contributed by atoms with Crippen molar-refractivity contribution in [3.8, 4) is 5.75 Å². The van der Waals surface area contributed by atoms with Crippen LogP contribution in [0.4, 0.5) is 0 Å². The zero-order valence-corrected chi connectivity index (χ0v) is 18.1. The van der Waals surface area contributed by atoms with Crippen molar-refractivity contribution in [1.29, 1.82) is 0 Å². The fourth-order valence-corrected chi connectivity index (χ4v) is 5.74. The Morgan fingerprint density at radius 3 is 2.90 bits per heavy atom. The van der Waals surface area contributed by atoms with Crippen LogP contribution in [0.25, 0.3) is 10.9 Å². The van der Waals surface area contributed by atoms with E-state index in [1.54, 1.807) is 7.11 Å². The lowest BCUT2D eigenvalue weighted by atomic mass is 9.71. The summed E-state index contributed by atoms with van der Waals surface area (Å²) in [4.78, 5) is 4.51. The van der Waals surface area contributed by atoms with Crippen LogP contribution in [0.1, 0.15) is 44.8 Å². The number of rotatable bonds is 7. The molecule has 4 heterocycles. The molecule has 0 saturated carbocycles. The third-order valence-corrected chi connectivity index (χ3v) is 7.49. The smallest absolute Gasteiger partial charge is 0.131 e. The van der Waals surface area contributed by atoms with E-state index in [1.807, 2.05) is 30.5 Å². The van der Waals surface area contributed by atoms with Crippen molar-refractivity contribution in [3.63, 3.8) is 0 Å². The molecule has 3 fully saturated rings. The molecular formula is C25H35N2O2+. The lowest BCUT2D eigenvalue weighted by Gasteiger charge is -2.58. The maximum Gasteiger partial charge on any atom is 0.131 e. The summed E-state index contributed by atoms with van der Waals surface area (Å²) in [6, 6.07) is 8.17. The molecule has 0 aliphatic carbocycles. The summed E-state index contributed by atoms with van der Waals surface area (Å²) in [7, 11) is 1.68. The molecule has 3 aliphatic rings. The number of piperidine rings is 3. The van der Waals surface area contributed by atoms with Crippen molar-refractivity contribution in [1.82, 2.24) is 4.98 Å². The Balaban J connectivity index is 1.72. The first-order chi connectivity index (χ1) is 14.0. The Bertz CT molecular complexity index is 880. The number of quaternary nitrogens is 1. The highest BCUT2D eigenvalue weighted by molar-refractivity contribution is 5.83. The number of aromatic nitrogens is 1. The molecule has 156 valence electrons. The quantitative estimate of drug-likeness (QED) is 0.544. The summed E-state index contributed by atoms with van der Waals surface area (Å²) < 4.78 is 6.47. The fourth-order valence-electron chi connectivity index (χ4n) is 5.74. The van der Waals surface area contributed by atoms with Gasteiger partial charge < -0.3 is 14.3 Å². The SMILES string of the molecule is C=CC1C[N+]2(CCC(C)C)CCC1C[C@@H]2[C@@H](O)c1ccnc2ccc(OC)cc12. The van der Waals surface area contributed by atoms with Gasteiger partial charge in [0.15, 0.2) is 0 Å². The number of pyridine rings is 1. The van der Waals surface area contributed by atoms with Crippen molar-refractivity contribution in [2.24, 2.45) is 17.8 Å². The third kappa shape index (κ3) is 3.69. The molecule has 4 nitrogen and oxygen atoms in total. The molecule has 4 heteroatoms. The second-order valence-electron chi connectivity index (χ2n) is 9.51. The second-order valence-corrected chi connectivity index (χ2v) is 9.51. The highest BCUT2D eigenvalue weighted by Gasteiger charge is 2.53. The second kappa shape index (κ2) is 8.08. The van der Waals surface area contributed by atoms with E-state index in [-0.39, 0.29) is 6.04 Å². The third-order valence-electron chi connectivity index (χ3n) is 7.49. The zero-order valence-electron chi connectivity index (χ0n) is 18.1. The molecule has 3 saturated heterocycles. The van der Waals surface area contributed by atoms with Gasteiger partial charge in [-0.25, -0.2) is 0 Å². The Morgan fingerprint density at radius 1 is 1.34 bits per heavy atom. The van der Waals surface area contributed by atoms with E-state index < -0.39 is 6.10 Å². The van der Waals surface area contributed by atoms with E-state index in [1.165, 1.54) is 19.4 Å². The molecule has 2 bridgehead atoms. The van der Waals surface area contributed by atoms with Crippen molar-refractivity contribution in [2.75, 3.05) is 26.7 Å². The van der Waals surface area contributed by atoms with E-state index in [9.17, 15) is 5.11 Å². The molecule has 1 N–H and O–H groups in total. The summed E-state index contributed by atoms with van der Waals surface area (Å²) in [5.74, 6) is 2.70. The van der Waals surface area contributed by atoms with Gasteiger partial charge in [-0.2, -0.15) is 0 Å². The summed E-state index contributed by atoms with van der Waals surface area (Å²) in [6.45, 7) is 12.2. The molecule has 2 aromatic rings. The Morgan fingerprint density at radius 2 is 2.17 bits per heavy atom. The number of ether oxygens (including phenoxy) is 1. The number of benzene rings is 1. The van der Waals surface area contributed by atoms with Crippen molar-refractivity contribution < 1.29 is 14.3 Å². The van der Waals surface area contributed by atoms with Crippen molar-refractivity contribution >= 4 is 10.9 Å². The summed E-state index contributed by atoms with van der Waals surface area (Å²) in [5, 5.41) is 12.7. The number of aliphatic hydroxyl groups is 1. The van der Waals surface area contributed by atoms with Gasteiger partial charge in [0.25, 0.3) is 0 Å². The monoisotopic (exact) mass is 395 g/mol. The number of hydrogen-bond donors (Lipinski definition) is 1. The molecule has 1 aromatic heterocycles. The summed E-state index contributed by atoms with van der Waals surface area (Å²) >= 11 is 0. The van der Waals surface area contributed by atoms with Gasteiger partial charge in [0.2, 0.25) is 0 Å². The molecule has 0 spiro atoms. The lowest BCUT2D eigenvalue weighted by Crippen LogP contribution is -2.68. The molecule has 0 amide bonds. The topological polar surface area (TPSA) is 42.4 Å². The fraction of sp³-hybridized carbons (Fsp3) is 0.560. The summed E-state index contributed by atoms with van der Waals surface area (Å²) in [6.07, 6.45) is 7.03. The zero-order chi connectivity index (χ0) is 20.6. The standard InChI is InChI=1S/C25H35N2O2/c1-5-18-16-27(12-9-17(2)3)13-10-19(18)14-24(27)25(28)21-8-11-26-23-7-6-20(29-4)15-22(21)23/h5-8,11,15,17-19,24-25,28H,1,9-10,12-14,16H2,2-4H3/q+1/t18?,19?,24-,25+,27?/m1/s1. The average Bonchev–Trinajstić information content (AvgIpc) is 2.76. The van der Waals surface area contributed by atoms with E-state index in [2.05, 4.69) is 31.5 Å². The van der Waals surface area contributed by atoms with Crippen LogP contribution >= 0.6 is 0 Å². The van der Waals surface area contributed by atoms with Crippen LogP contribution in [0, 0.1) is 17.8 Å². The highest BCUT2D eigenvalue weighted by Crippen LogP contribution is 2.47. The van der Waals surface area contributed by atoms with Crippen LogP contribution in [0.5, 0.6) is 5.75 Å². The van der Waals surface area contributed by atoms with Gasteiger partial charge in [-0.05, 0) is 48.1 Å². The molecule has 5 atom stereocenters. The Kier molecular flexibility index (Phi) is 5.67. The Labute approximate surface area is 174 Å². The van der Waals surface area contributed by atoms with Gasteiger partial charge in [-0.15, -0.1) is 6.58 Å². The minimum Gasteiger partial charge on any atom is -0.497 e. The first-order valence-corrected chi connectivity index (χ1v) is 11.1. The molecule has 29 heavy (non-hydrogen) atoms. The summed E-state index contributed by atoms with van der Waals surface area (Å²) in [5.41, 5.74) is 1.90.